The van der Waals surface area contributed by atoms with Crippen LogP contribution >= 0.6 is 12.4 Å². The molecular weight excluding hydrogens is 369 g/mol. The fourth-order valence-corrected chi connectivity index (χ4v) is 3.33. The topological polar surface area (TPSA) is 61.4 Å². The van der Waals surface area contributed by atoms with Gasteiger partial charge < -0.3 is 15.5 Å². The summed E-state index contributed by atoms with van der Waals surface area (Å²) in [5.74, 6) is -0.130. The molecule has 1 atom stereocenters. The lowest BCUT2D eigenvalue weighted by atomic mass is 9.92. The van der Waals surface area contributed by atoms with Crippen molar-refractivity contribution in [3.63, 3.8) is 0 Å². The minimum absolute atomic E-state index is 0. The van der Waals surface area contributed by atoms with Crippen molar-refractivity contribution < 1.29 is 14.0 Å². The molecule has 0 bridgehead atoms. The van der Waals surface area contributed by atoms with Crippen molar-refractivity contribution >= 4 is 24.2 Å². The van der Waals surface area contributed by atoms with E-state index in [4.69, 9.17) is 0 Å². The van der Waals surface area contributed by atoms with E-state index in [1.54, 1.807) is 0 Å². The third-order valence-corrected chi connectivity index (χ3v) is 5.05. The van der Waals surface area contributed by atoms with Gasteiger partial charge in [-0.05, 0) is 69.0 Å². The molecule has 2 N–H and O–H groups in total. The number of carbonyl (C=O) groups excluding carboxylic acids is 2. The van der Waals surface area contributed by atoms with Gasteiger partial charge >= 0.3 is 0 Å². The van der Waals surface area contributed by atoms with E-state index in [2.05, 4.69) is 10.6 Å². The van der Waals surface area contributed by atoms with E-state index in [0.29, 0.717) is 11.5 Å². The first-order valence-corrected chi connectivity index (χ1v) is 9.42. The van der Waals surface area contributed by atoms with Crippen LogP contribution < -0.4 is 10.6 Å². The number of rotatable bonds is 7. The van der Waals surface area contributed by atoms with Crippen molar-refractivity contribution in [2.45, 2.75) is 39.2 Å². The third-order valence-electron chi connectivity index (χ3n) is 5.05. The van der Waals surface area contributed by atoms with Gasteiger partial charge in [-0.2, -0.15) is 0 Å². The largest absolute Gasteiger partial charge is 0.341 e. The van der Waals surface area contributed by atoms with Crippen molar-refractivity contribution in [2.24, 2.45) is 11.8 Å². The minimum atomic E-state index is -0.568. The molecule has 1 aliphatic heterocycles. The van der Waals surface area contributed by atoms with Gasteiger partial charge in [0.05, 0.1) is 0 Å². The van der Waals surface area contributed by atoms with Crippen LogP contribution in [0.2, 0.25) is 0 Å². The first kappa shape index (κ1) is 23.4. The van der Waals surface area contributed by atoms with Crippen LogP contribution in [0.25, 0.3) is 0 Å². The Morgan fingerprint density at radius 2 is 1.78 bits per heavy atom. The summed E-state index contributed by atoms with van der Waals surface area (Å²) in [5, 5.41) is 6.00. The molecule has 1 heterocycles. The highest BCUT2D eigenvalue weighted by atomic mass is 35.5. The predicted octanol–water partition coefficient (Wildman–Crippen LogP) is 2.85. The van der Waals surface area contributed by atoms with Crippen LogP contribution in [0.15, 0.2) is 24.3 Å². The van der Waals surface area contributed by atoms with E-state index in [-0.39, 0.29) is 36.0 Å². The Kier molecular flexibility index (Phi) is 9.74. The second-order valence-electron chi connectivity index (χ2n) is 7.36. The number of amides is 2. The molecular formula is C20H31ClFN3O2. The summed E-state index contributed by atoms with van der Waals surface area (Å²) in [5.41, 5.74) is 0.357. The maximum Gasteiger partial charge on any atom is 0.251 e. The molecule has 0 aliphatic carbocycles. The molecule has 1 saturated heterocycles. The average molecular weight is 400 g/mol. The molecule has 0 aromatic heterocycles. The Morgan fingerprint density at radius 3 is 2.30 bits per heavy atom. The van der Waals surface area contributed by atoms with Gasteiger partial charge in [-0.15, -0.1) is 12.4 Å². The molecule has 27 heavy (non-hydrogen) atoms. The summed E-state index contributed by atoms with van der Waals surface area (Å²) in [6.45, 7) is 6.33. The van der Waals surface area contributed by atoms with Crippen LogP contribution in [0.1, 0.15) is 43.5 Å². The van der Waals surface area contributed by atoms with Crippen LogP contribution in [0.4, 0.5) is 4.39 Å². The lowest BCUT2D eigenvalue weighted by Crippen LogP contribution is -2.53. The molecule has 1 fully saturated rings. The van der Waals surface area contributed by atoms with Crippen molar-refractivity contribution in [1.29, 1.82) is 0 Å². The normalized spacial score (nSPS) is 16.0. The molecule has 0 saturated carbocycles. The van der Waals surface area contributed by atoms with Gasteiger partial charge in [-0.1, -0.05) is 13.8 Å². The number of benzene rings is 1. The van der Waals surface area contributed by atoms with Crippen molar-refractivity contribution in [3.8, 4) is 0 Å². The molecule has 1 unspecified atom stereocenters. The number of piperidine rings is 1. The zero-order valence-electron chi connectivity index (χ0n) is 16.3. The molecule has 1 aromatic carbocycles. The maximum atomic E-state index is 13.0. The van der Waals surface area contributed by atoms with Crippen molar-refractivity contribution in [1.82, 2.24) is 15.5 Å². The van der Waals surface area contributed by atoms with Crippen LogP contribution in [-0.4, -0.2) is 49.4 Å². The highest BCUT2D eigenvalue weighted by Crippen LogP contribution is 2.21. The number of nitrogens with zero attached hydrogens (tertiary/aromatic N) is 1. The first-order chi connectivity index (χ1) is 12.4. The molecule has 1 aromatic rings. The molecule has 5 nitrogen and oxygen atoms in total. The minimum Gasteiger partial charge on any atom is -0.341 e. The van der Waals surface area contributed by atoms with Crippen molar-refractivity contribution in [3.05, 3.63) is 35.6 Å². The molecule has 0 radical (unpaired) electrons. The van der Waals surface area contributed by atoms with E-state index < -0.39 is 6.04 Å². The fraction of sp³-hybridized carbons (Fsp3) is 0.600. The maximum absolute atomic E-state index is 13.0. The summed E-state index contributed by atoms with van der Waals surface area (Å²) < 4.78 is 13.0. The van der Waals surface area contributed by atoms with Crippen LogP contribution in [0.5, 0.6) is 0 Å². The number of carbonyl (C=O) groups is 2. The number of hydrogen-bond acceptors (Lipinski definition) is 3. The SMILES string of the molecule is CNCCC1CCN(C(=O)C(NC(=O)c2ccc(F)cc2)C(C)C)CC1.Cl. The van der Waals surface area contributed by atoms with E-state index in [0.717, 1.165) is 38.9 Å². The Morgan fingerprint density at radius 1 is 1.19 bits per heavy atom. The predicted molar refractivity (Wildman–Crippen MR) is 108 cm³/mol. The number of halogens is 2. The Hall–Kier alpha value is -1.66. The third kappa shape index (κ3) is 6.78. The lowest BCUT2D eigenvalue weighted by molar-refractivity contribution is -0.135. The van der Waals surface area contributed by atoms with E-state index in [9.17, 15) is 14.0 Å². The summed E-state index contributed by atoms with van der Waals surface area (Å²) in [6, 6.07) is 4.79. The quantitative estimate of drug-likeness (QED) is 0.741. The second kappa shape index (κ2) is 11.2. The standard InChI is InChI=1S/C20H30FN3O2.ClH/c1-14(2)18(23-19(25)16-4-6-17(21)7-5-16)20(26)24-12-9-15(10-13-24)8-11-22-3;/h4-7,14-15,18,22H,8-13H2,1-3H3,(H,23,25);1H. The van der Waals surface area contributed by atoms with Gasteiger partial charge in [-0.3, -0.25) is 9.59 Å². The second-order valence-corrected chi connectivity index (χ2v) is 7.36. The van der Waals surface area contributed by atoms with Gasteiger partial charge in [0.1, 0.15) is 11.9 Å². The Balaban J connectivity index is 0.00000364. The number of nitrogens with one attached hydrogen (secondary N) is 2. The molecule has 2 amide bonds. The summed E-state index contributed by atoms with van der Waals surface area (Å²) in [6.07, 6.45) is 3.14. The molecule has 1 aliphatic rings. The van der Waals surface area contributed by atoms with Crippen LogP contribution in [0, 0.1) is 17.7 Å². The molecule has 2 rings (SSSR count). The summed E-state index contributed by atoms with van der Waals surface area (Å²) in [4.78, 5) is 27.2. The number of hydrogen-bond donors (Lipinski definition) is 2. The monoisotopic (exact) mass is 399 g/mol. The smallest absolute Gasteiger partial charge is 0.251 e. The van der Waals surface area contributed by atoms with E-state index >= 15 is 0 Å². The molecule has 7 heteroatoms. The fourth-order valence-electron chi connectivity index (χ4n) is 3.33. The van der Waals surface area contributed by atoms with Crippen molar-refractivity contribution in [2.75, 3.05) is 26.7 Å². The van der Waals surface area contributed by atoms with Gasteiger partial charge in [0.15, 0.2) is 0 Å². The highest BCUT2D eigenvalue weighted by molar-refractivity contribution is 5.97. The van der Waals surface area contributed by atoms with E-state index in [1.807, 2.05) is 25.8 Å². The van der Waals surface area contributed by atoms with Gasteiger partial charge in [-0.25, -0.2) is 4.39 Å². The zero-order valence-corrected chi connectivity index (χ0v) is 17.2. The van der Waals surface area contributed by atoms with Gasteiger partial charge in [0.2, 0.25) is 5.91 Å². The Bertz CT molecular complexity index is 602. The zero-order chi connectivity index (χ0) is 19.1. The van der Waals surface area contributed by atoms with E-state index in [1.165, 1.54) is 24.3 Å². The molecule has 0 spiro atoms. The summed E-state index contributed by atoms with van der Waals surface area (Å²) in [7, 11) is 1.95. The van der Waals surface area contributed by atoms with Gasteiger partial charge in [0, 0.05) is 18.7 Å². The lowest BCUT2D eigenvalue weighted by Gasteiger charge is -2.35. The van der Waals surface area contributed by atoms with Crippen LogP contribution in [0.3, 0.4) is 0 Å². The average Bonchev–Trinajstić information content (AvgIpc) is 2.64. The van der Waals surface area contributed by atoms with Crippen LogP contribution in [-0.2, 0) is 4.79 Å². The first-order valence-electron chi connectivity index (χ1n) is 9.42. The van der Waals surface area contributed by atoms with Gasteiger partial charge in [0.25, 0.3) is 5.91 Å². The molecule has 152 valence electrons. The number of likely N-dealkylation sites (tertiary alicyclic amines) is 1. The Labute approximate surface area is 167 Å². The summed E-state index contributed by atoms with van der Waals surface area (Å²) >= 11 is 0. The highest BCUT2D eigenvalue weighted by Gasteiger charge is 2.31.